The molecule has 11 rings (SSSR count). The standard InChI is InChI=1S/C57H44N2O/c1-38-54(58-56(59(2)55(38)40-20-5-3-6-21-40)42-35-36-45-41(37-42)34-33-39-19-9-10-24-44(39)45)48-27-12-11-25-46(48)47-26-13-14-28-49(47)57(43-22-7-4-8-23-43)50-29-15-17-31-52(50)60-53-32-18-16-30-51(53)57/h3,5-7,9-37,55-56H,1,4,8H2,2H3/t55-,56?/m1/s1. The van der Waals surface area contributed by atoms with Gasteiger partial charge in [0.2, 0.25) is 0 Å². The van der Waals surface area contributed by atoms with Gasteiger partial charge in [0.15, 0.2) is 0 Å². The Morgan fingerprint density at radius 3 is 1.93 bits per heavy atom. The van der Waals surface area contributed by atoms with Gasteiger partial charge in [0, 0.05) is 16.7 Å². The minimum atomic E-state index is -0.637. The Kier molecular flexibility index (Phi) is 8.79. The molecule has 288 valence electrons. The Hall–Kier alpha value is -7.07. The van der Waals surface area contributed by atoms with Gasteiger partial charge in [-0.15, -0.1) is 0 Å². The summed E-state index contributed by atoms with van der Waals surface area (Å²) in [4.78, 5) is 8.12. The minimum Gasteiger partial charge on any atom is -0.457 e. The predicted octanol–water partition coefficient (Wildman–Crippen LogP) is 14.1. The van der Waals surface area contributed by atoms with Crippen LogP contribution in [0.4, 0.5) is 0 Å². The molecule has 0 N–H and O–H groups in total. The van der Waals surface area contributed by atoms with E-state index in [0.717, 1.165) is 69.0 Å². The van der Waals surface area contributed by atoms with E-state index in [1.807, 2.05) is 0 Å². The van der Waals surface area contributed by atoms with E-state index >= 15 is 0 Å². The molecule has 8 aromatic rings. The number of hydrogen-bond donors (Lipinski definition) is 0. The smallest absolute Gasteiger partial charge is 0.132 e. The van der Waals surface area contributed by atoms with Gasteiger partial charge in [-0.05, 0) is 98.6 Å². The number of aliphatic imine (C=N–C) groups is 1. The maximum absolute atomic E-state index is 6.70. The lowest BCUT2D eigenvalue weighted by atomic mass is 9.61. The summed E-state index contributed by atoms with van der Waals surface area (Å²) >= 11 is 0. The van der Waals surface area contributed by atoms with E-state index in [1.54, 1.807) is 0 Å². The molecule has 0 radical (unpaired) electrons. The first kappa shape index (κ1) is 36.0. The van der Waals surface area contributed by atoms with Gasteiger partial charge in [-0.25, -0.2) is 0 Å². The molecule has 3 nitrogen and oxygen atoms in total. The number of likely N-dealkylation sites (N-methyl/N-ethyl adjacent to an activating group) is 1. The molecule has 60 heavy (non-hydrogen) atoms. The molecule has 0 bridgehead atoms. The van der Waals surface area contributed by atoms with Crippen LogP contribution in [0.1, 0.15) is 58.4 Å². The largest absolute Gasteiger partial charge is 0.457 e. The summed E-state index contributed by atoms with van der Waals surface area (Å²) in [7, 11) is 2.19. The molecule has 0 spiro atoms. The van der Waals surface area contributed by atoms with Crippen molar-refractivity contribution in [1.29, 1.82) is 0 Å². The zero-order valence-corrected chi connectivity index (χ0v) is 33.6. The molecule has 2 atom stereocenters. The fourth-order valence-electron chi connectivity index (χ4n) is 10.2. The van der Waals surface area contributed by atoms with Crippen LogP contribution in [0.3, 0.4) is 0 Å². The van der Waals surface area contributed by atoms with Crippen LogP contribution < -0.4 is 4.74 Å². The molecule has 1 aliphatic carbocycles. The molecule has 3 aliphatic rings. The van der Waals surface area contributed by atoms with Crippen LogP contribution in [0.2, 0.25) is 0 Å². The van der Waals surface area contributed by atoms with Gasteiger partial charge in [0.05, 0.1) is 17.2 Å². The molecule has 1 unspecified atom stereocenters. The quantitative estimate of drug-likeness (QED) is 0.157. The van der Waals surface area contributed by atoms with Crippen LogP contribution in [-0.4, -0.2) is 17.7 Å². The minimum absolute atomic E-state index is 0.0996. The van der Waals surface area contributed by atoms with E-state index in [4.69, 9.17) is 16.3 Å². The number of hydrogen-bond acceptors (Lipinski definition) is 3. The second kappa shape index (κ2) is 14.6. The molecule has 0 saturated carbocycles. The van der Waals surface area contributed by atoms with Crippen LogP contribution in [0.25, 0.3) is 32.7 Å². The zero-order valence-electron chi connectivity index (χ0n) is 33.6. The SMILES string of the molecule is C=C1C(c2ccccc2-c2ccccc2C2(C3=CCCC=C3)c3ccccc3Oc3ccccc32)=NC(c2ccc3c(ccc4ccccc43)c2)N(C)[C@H]1c1ccccc1. The van der Waals surface area contributed by atoms with Crippen molar-refractivity contribution in [1.82, 2.24) is 4.90 Å². The van der Waals surface area contributed by atoms with Crippen molar-refractivity contribution in [2.45, 2.75) is 30.5 Å². The van der Waals surface area contributed by atoms with Crippen molar-refractivity contribution >= 4 is 27.3 Å². The first-order chi connectivity index (χ1) is 29.6. The van der Waals surface area contributed by atoms with E-state index in [-0.39, 0.29) is 12.2 Å². The highest BCUT2D eigenvalue weighted by molar-refractivity contribution is 6.17. The van der Waals surface area contributed by atoms with Gasteiger partial charge in [-0.2, -0.15) is 0 Å². The van der Waals surface area contributed by atoms with Crippen molar-refractivity contribution in [2.24, 2.45) is 4.99 Å². The lowest BCUT2D eigenvalue weighted by Crippen LogP contribution is -2.37. The van der Waals surface area contributed by atoms with Gasteiger partial charge >= 0.3 is 0 Å². The van der Waals surface area contributed by atoms with E-state index in [2.05, 4.69) is 212 Å². The highest BCUT2D eigenvalue weighted by Crippen LogP contribution is 2.58. The van der Waals surface area contributed by atoms with E-state index in [1.165, 1.54) is 38.2 Å². The van der Waals surface area contributed by atoms with Crippen molar-refractivity contribution < 1.29 is 4.74 Å². The molecule has 8 aromatic carbocycles. The number of para-hydroxylation sites is 2. The first-order valence-corrected chi connectivity index (χ1v) is 21.0. The third kappa shape index (κ3) is 5.65. The Morgan fingerprint density at radius 2 is 1.18 bits per heavy atom. The number of benzene rings is 8. The number of rotatable bonds is 6. The van der Waals surface area contributed by atoms with E-state index in [9.17, 15) is 0 Å². The second-order valence-corrected chi connectivity index (χ2v) is 16.2. The molecular formula is C57H44N2O. The van der Waals surface area contributed by atoms with Crippen LogP contribution in [0.15, 0.2) is 223 Å². The molecule has 0 aromatic heterocycles. The van der Waals surface area contributed by atoms with Crippen LogP contribution in [0, 0.1) is 0 Å². The fraction of sp³-hybridized carbons (Fsp3) is 0.105. The summed E-state index contributed by atoms with van der Waals surface area (Å²) in [6.45, 7) is 4.88. The summed E-state index contributed by atoms with van der Waals surface area (Å²) in [6, 6.07) is 65.6. The highest BCUT2D eigenvalue weighted by Gasteiger charge is 2.47. The topological polar surface area (TPSA) is 24.8 Å². The third-order valence-electron chi connectivity index (χ3n) is 12.9. The first-order valence-electron chi connectivity index (χ1n) is 21.0. The van der Waals surface area contributed by atoms with E-state index < -0.39 is 5.41 Å². The maximum Gasteiger partial charge on any atom is 0.132 e. The number of allylic oxidation sites excluding steroid dienone is 4. The molecular weight excluding hydrogens is 729 g/mol. The Balaban J connectivity index is 1.14. The summed E-state index contributed by atoms with van der Waals surface area (Å²) in [5.41, 5.74) is 11.7. The van der Waals surface area contributed by atoms with Crippen LogP contribution in [-0.2, 0) is 5.41 Å². The molecule has 0 amide bonds. The van der Waals surface area contributed by atoms with Crippen molar-refractivity contribution in [3.8, 4) is 22.6 Å². The van der Waals surface area contributed by atoms with Gasteiger partial charge in [0.1, 0.15) is 17.7 Å². The van der Waals surface area contributed by atoms with Gasteiger partial charge in [0.25, 0.3) is 0 Å². The van der Waals surface area contributed by atoms with Gasteiger partial charge < -0.3 is 4.74 Å². The number of fused-ring (bicyclic) bond motifs is 5. The fourth-order valence-corrected chi connectivity index (χ4v) is 10.2. The summed E-state index contributed by atoms with van der Waals surface area (Å²) < 4.78 is 6.70. The summed E-state index contributed by atoms with van der Waals surface area (Å²) in [5.74, 6) is 1.76. The normalized spacial score (nSPS) is 18.3. The van der Waals surface area contributed by atoms with Crippen molar-refractivity contribution in [3.63, 3.8) is 0 Å². The summed E-state index contributed by atoms with van der Waals surface area (Å²) in [5, 5.41) is 4.96. The monoisotopic (exact) mass is 772 g/mol. The summed E-state index contributed by atoms with van der Waals surface area (Å²) in [6.07, 6.45) is 8.85. The average molecular weight is 773 g/mol. The van der Waals surface area contributed by atoms with Crippen LogP contribution >= 0.6 is 0 Å². The van der Waals surface area contributed by atoms with Crippen molar-refractivity contribution in [2.75, 3.05) is 7.05 Å². The molecule has 3 heteroatoms. The Morgan fingerprint density at radius 1 is 0.567 bits per heavy atom. The molecule has 0 saturated heterocycles. The van der Waals surface area contributed by atoms with Gasteiger partial charge in [-0.3, -0.25) is 9.89 Å². The number of ether oxygens (including phenoxy) is 1. The zero-order chi connectivity index (χ0) is 40.2. The van der Waals surface area contributed by atoms with Gasteiger partial charge in [-0.1, -0.05) is 189 Å². The van der Waals surface area contributed by atoms with Crippen molar-refractivity contribution in [3.05, 3.63) is 251 Å². The molecule has 2 aliphatic heterocycles. The lowest BCUT2D eigenvalue weighted by molar-refractivity contribution is 0.198. The average Bonchev–Trinajstić information content (AvgIpc) is 3.31. The second-order valence-electron chi connectivity index (χ2n) is 16.2. The molecule has 2 heterocycles. The van der Waals surface area contributed by atoms with E-state index in [0.29, 0.717) is 0 Å². The van der Waals surface area contributed by atoms with Crippen LogP contribution in [0.5, 0.6) is 11.5 Å². The Bertz CT molecular complexity index is 3030. The maximum atomic E-state index is 6.70. The molecule has 0 fully saturated rings. The highest BCUT2D eigenvalue weighted by atomic mass is 16.5. The third-order valence-corrected chi connectivity index (χ3v) is 12.9. The lowest BCUT2D eigenvalue weighted by Gasteiger charge is -2.44. The Labute approximate surface area is 352 Å². The predicted molar refractivity (Wildman–Crippen MR) is 248 cm³/mol. The number of nitrogens with zero attached hydrogens (tertiary/aromatic N) is 2.